The Labute approximate surface area is 135 Å². The average molecular weight is 311 g/mol. The van der Waals surface area contributed by atoms with E-state index >= 15 is 0 Å². The number of carbonyl (C=O) groups is 2. The van der Waals surface area contributed by atoms with E-state index in [0.29, 0.717) is 19.3 Å². The zero-order valence-electron chi connectivity index (χ0n) is 15.4. The standard InChI is InChI=1S/C18H30O4/c1-5-6-7-8-9-10-13-21-15(20)18-12-11-17(4,14(19)22-18)16(18,2)3/h5-13H2,1-4H3/t17-,18+/m0/s1/i13D/t13-,17-,18+. The van der Waals surface area contributed by atoms with Crippen LogP contribution in [0.25, 0.3) is 0 Å². The maximum atomic E-state index is 12.7. The van der Waals surface area contributed by atoms with Crippen LogP contribution in [0.5, 0.6) is 0 Å². The van der Waals surface area contributed by atoms with Gasteiger partial charge in [0, 0.05) is 5.41 Å². The molecule has 1 aliphatic heterocycles. The number of fused-ring (bicyclic) bond motifs is 2. The molecule has 0 aromatic carbocycles. The van der Waals surface area contributed by atoms with Crippen LogP contribution in [0.2, 0.25) is 0 Å². The molecule has 4 heteroatoms. The van der Waals surface area contributed by atoms with Crippen molar-refractivity contribution < 1.29 is 20.4 Å². The van der Waals surface area contributed by atoms with Gasteiger partial charge in [0.15, 0.2) is 0 Å². The topological polar surface area (TPSA) is 52.6 Å². The first-order valence-corrected chi connectivity index (χ1v) is 8.58. The summed E-state index contributed by atoms with van der Waals surface area (Å²) in [4.78, 5) is 24.8. The second kappa shape index (κ2) is 6.21. The van der Waals surface area contributed by atoms with Crippen LogP contribution in [0.1, 0.15) is 80.4 Å². The minimum atomic E-state index is -1.21. The van der Waals surface area contributed by atoms with Crippen molar-refractivity contribution in [1.29, 1.82) is 0 Å². The zero-order valence-corrected chi connectivity index (χ0v) is 14.4. The van der Waals surface area contributed by atoms with Gasteiger partial charge in [-0.15, -0.1) is 0 Å². The third-order valence-corrected chi connectivity index (χ3v) is 6.03. The van der Waals surface area contributed by atoms with E-state index in [9.17, 15) is 9.59 Å². The molecule has 0 unspecified atom stereocenters. The van der Waals surface area contributed by atoms with Gasteiger partial charge in [0.05, 0.1) is 13.4 Å². The summed E-state index contributed by atoms with van der Waals surface area (Å²) < 4.78 is 18.8. The van der Waals surface area contributed by atoms with Gasteiger partial charge in [-0.25, -0.2) is 4.79 Å². The number of ether oxygens (including phenoxy) is 2. The van der Waals surface area contributed by atoms with Crippen molar-refractivity contribution in [2.75, 3.05) is 6.58 Å². The Hall–Kier alpha value is -1.06. The van der Waals surface area contributed by atoms with Crippen LogP contribution in [-0.4, -0.2) is 24.1 Å². The van der Waals surface area contributed by atoms with Crippen LogP contribution in [0.15, 0.2) is 0 Å². The highest BCUT2D eigenvalue weighted by Crippen LogP contribution is 2.65. The predicted octanol–water partition coefficient (Wildman–Crippen LogP) is 4.01. The summed E-state index contributed by atoms with van der Waals surface area (Å²) in [5, 5.41) is 0. The smallest absolute Gasteiger partial charge is 0.351 e. The van der Waals surface area contributed by atoms with Gasteiger partial charge < -0.3 is 9.47 Å². The average Bonchev–Trinajstić information content (AvgIpc) is 2.77. The Morgan fingerprint density at radius 1 is 1.18 bits per heavy atom. The molecule has 1 saturated carbocycles. The van der Waals surface area contributed by atoms with Crippen LogP contribution in [-0.2, 0) is 19.1 Å². The van der Waals surface area contributed by atoms with Crippen molar-refractivity contribution in [1.82, 2.24) is 0 Å². The maximum absolute atomic E-state index is 12.7. The summed E-state index contributed by atoms with van der Waals surface area (Å²) in [5.41, 5.74) is -2.45. The van der Waals surface area contributed by atoms with E-state index in [2.05, 4.69) is 6.92 Å². The molecule has 0 radical (unpaired) electrons. The normalized spacial score (nSPS) is 34.2. The molecule has 0 aromatic heterocycles. The first-order chi connectivity index (χ1) is 10.7. The number of hydrogen-bond donors (Lipinski definition) is 0. The molecule has 0 aromatic rings. The molecule has 126 valence electrons. The fourth-order valence-electron chi connectivity index (χ4n) is 3.76. The zero-order chi connectivity index (χ0) is 17.3. The third kappa shape index (κ3) is 2.44. The molecule has 0 spiro atoms. The van der Waals surface area contributed by atoms with Gasteiger partial charge in [-0.05, 0) is 26.2 Å². The fraction of sp³-hybridized carbons (Fsp3) is 0.889. The number of esters is 2. The Bertz CT molecular complexity index is 476. The third-order valence-electron chi connectivity index (χ3n) is 6.03. The van der Waals surface area contributed by atoms with Gasteiger partial charge in [-0.2, -0.15) is 0 Å². The van der Waals surface area contributed by atoms with Crippen molar-refractivity contribution in [2.24, 2.45) is 10.8 Å². The Balaban J connectivity index is 1.92. The summed E-state index contributed by atoms with van der Waals surface area (Å²) >= 11 is 0. The SMILES string of the molecule is [2H][C@@H](CCCCCCC)OC(=O)[C@@]12CC[C@@](C)(C(=O)O1)C2(C)C. The number of unbranched alkanes of at least 4 members (excludes halogenated alkanes) is 4. The first kappa shape index (κ1) is 15.8. The van der Waals surface area contributed by atoms with E-state index in [4.69, 9.17) is 10.8 Å². The molecule has 2 fully saturated rings. The van der Waals surface area contributed by atoms with Crippen molar-refractivity contribution in [3.63, 3.8) is 0 Å². The van der Waals surface area contributed by atoms with Crippen molar-refractivity contribution >= 4 is 11.9 Å². The second-order valence-electron chi connectivity index (χ2n) is 7.45. The second-order valence-corrected chi connectivity index (χ2v) is 7.45. The van der Waals surface area contributed by atoms with E-state index < -0.39 is 29.0 Å². The predicted molar refractivity (Wildman–Crippen MR) is 84.3 cm³/mol. The molecule has 1 aliphatic carbocycles. The van der Waals surface area contributed by atoms with Crippen LogP contribution in [0, 0.1) is 10.8 Å². The lowest BCUT2D eigenvalue weighted by atomic mass is 9.66. The van der Waals surface area contributed by atoms with Gasteiger partial charge in [0.2, 0.25) is 5.60 Å². The quantitative estimate of drug-likeness (QED) is 0.502. The van der Waals surface area contributed by atoms with Crippen LogP contribution in [0.4, 0.5) is 0 Å². The van der Waals surface area contributed by atoms with Crippen molar-refractivity contribution in [3.8, 4) is 0 Å². The molecule has 1 heterocycles. The highest BCUT2D eigenvalue weighted by molar-refractivity contribution is 5.93. The van der Waals surface area contributed by atoms with Crippen LogP contribution in [0.3, 0.4) is 0 Å². The minimum absolute atomic E-state index is 0.313. The largest absolute Gasteiger partial charge is 0.463 e. The van der Waals surface area contributed by atoms with E-state index in [1.807, 2.05) is 20.8 Å². The molecule has 3 atom stereocenters. The van der Waals surface area contributed by atoms with Crippen molar-refractivity contribution in [3.05, 3.63) is 0 Å². The fourth-order valence-corrected chi connectivity index (χ4v) is 3.76. The molecule has 2 aliphatic rings. The summed E-state index contributed by atoms with van der Waals surface area (Å²) in [5.74, 6) is -0.850. The van der Waals surface area contributed by atoms with Gasteiger partial charge in [-0.3, -0.25) is 4.79 Å². The number of carbonyl (C=O) groups excluding carboxylic acids is 2. The molecule has 22 heavy (non-hydrogen) atoms. The lowest BCUT2D eigenvalue weighted by Gasteiger charge is -2.34. The minimum Gasteiger partial charge on any atom is -0.463 e. The van der Waals surface area contributed by atoms with E-state index in [-0.39, 0.29) is 5.97 Å². The number of hydrogen-bond acceptors (Lipinski definition) is 4. The van der Waals surface area contributed by atoms with Crippen LogP contribution < -0.4 is 0 Å². The molecule has 0 N–H and O–H groups in total. The molecule has 2 bridgehead atoms. The lowest BCUT2D eigenvalue weighted by Crippen LogP contribution is -2.48. The molecular weight excluding hydrogens is 280 g/mol. The Morgan fingerprint density at radius 3 is 2.36 bits per heavy atom. The van der Waals surface area contributed by atoms with E-state index in [0.717, 1.165) is 19.3 Å². The molecular formula is C18H30O4. The van der Waals surface area contributed by atoms with E-state index in [1.165, 1.54) is 12.8 Å². The lowest BCUT2D eigenvalue weighted by molar-refractivity contribution is -0.183. The maximum Gasteiger partial charge on any atom is 0.351 e. The van der Waals surface area contributed by atoms with Gasteiger partial charge in [0.25, 0.3) is 0 Å². The van der Waals surface area contributed by atoms with Crippen LogP contribution >= 0.6 is 0 Å². The highest BCUT2D eigenvalue weighted by atomic mass is 16.6. The van der Waals surface area contributed by atoms with E-state index in [1.54, 1.807) is 0 Å². The van der Waals surface area contributed by atoms with Crippen molar-refractivity contribution in [2.45, 2.75) is 84.7 Å². The Morgan fingerprint density at radius 2 is 1.82 bits per heavy atom. The molecule has 4 nitrogen and oxygen atoms in total. The molecule has 0 amide bonds. The molecule has 2 rings (SSSR count). The summed E-state index contributed by atoms with van der Waals surface area (Å²) in [6.45, 7) is 6.95. The number of rotatable bonds is 8. The van der Waals surface area contributed by atoms with Gasteiger partial charge in [-0.1, -0.05) is 52.9 Å². The van der Waals surface area contributed by atoms with Gasteiger partial charge >= 0.3 is 11.9 Å². The summed E-state index contributed by atoms with van der Waals surface area (Å²) in [7, 11) is 0. The summed E-state index contributed by atoms with van der Waals surface area (Å²) in [6, 6.07) is 0. The van der Waals surface area contributed by atoms with Gasteiger partial charge in [0.1, 0.15) is 0 Å². The highest BCUT2D eigenvalue weighted by Gasteiger charge is 2.76. The first-order valence-electron chi connectivity index (χ1n) is 9.16. The summed E-state index contributed by atoms with van der Waals surface area (Å²) in [6.07, 6.45) is 7.15. The monoisotopic (exact) mass is 311 g/mol. The molecule has 1 saturated heterocycles. The Kier molecular flexibility index (Phi) is 4.47.